The summed E-state index contributed by atoms with van der Waals surface area (Å²) in [5, 5.41) is 19.1. The summed E-state index contributed by atoms with van der Waals surface area (Å²) in [5.74, 6) is -1.80. The van der Waals surface area contributed by atoms with E-state index in [2.05, 4.69) is 25.2 Å². The van der Waals surface area contributed by atoms with E-state index in [0.717, 1.165) is 6.07 Å². The third kappa shape index (κ3) is 6.05. The number of rotatable bonds is 8. The number of aromatic amines is 1. The van der Waals surface area contributed by atoms with Gasteiger partial charge < -0.3 is 15.2 Å². The number of carbonyl (C=O) groups excluding carboxylic acids is 1. The van der Waals surface area contributed by atoms with Gasteiger partial charge in [0.1, 0.15) is 11.6 Å². The highest BCUT2D eigenvalue weighted by Gasteiger charge is 2.34. The first kappa shape index (κ1) is 24.9. The molecule has 7 nitrogen and oxygen atoms in total. The summed E-state index contributed by atoms with van der Waals surface area (Å²) in [5.41, 5.74) is 1.21. The minimum atomic E-state index is -5.02. The van der Waals surface area contributed by atoms with Gasteiger partial charge in [-0.3, -0.25) is 14.9 Å². The largest absolute Gasteiger partial charge is 0.573 e. The standard InChI is InChI=1S/C25H20F4N4O3/c26-16-9-7-15(8-10-16)20-13-21(33-32-20)23-19(5-3-6-22(23)36-25(27,28)29)24(35)31-18(14-34)12-17-4-1-2-11-30-17/h1-11,13,18,34H,12,14H2,(H,31,35)(H,32,33)/t18-/m1/s1. The molecule has 0 spiro atoms. The topological polar surface area (TPSA) is 100 Å². The monoisotopic (exact) mass is 500 g/mol. The number of pyridine rings is 1. The highest BCUT2D eigenvalue weighted by Crippen LogP contribution is 2.37. The number of aromatic nitrogens is 3. The first-order chi connectivity index (χ1) is 17.2. The fraction of sp³-hybridized carbons (Fsp3) is 0.160. The van der Waals surface area contributed by atoms with E-state index in [1.54, 1.807) is 24.4 Å². The number of aliphatic hydroxyl groups is 1. The molecule has 0 radical (unpaired) electrons. The second kappa shape index (κ2) is 10.6. The number of alkyl halides is 3. The van der Waals surface area contributed by atoms with Gasteiger partial charge in [0, 0.05) is 23.9 Å². The lowest BCUT2D eigenvalue weighted by atomic mass is 10.0. The Labute approximate surface area is 202 Å². The first-order valence-corrected chi connectivity index (χ1v) is 10.8. The molecule has 2 heterocycles. The normalized spacial score (nSPS) is 12.2. The van der Waals surface area contributed by atoms with Crippen LogP contribution in [0, 0.1) is 5.82 Å². The van der Waals surface area contributed by atoms with Gasteiger partial charge in [0.25, 0.3) is 5.91 Å². The average Bonchev–Trinajstić information content (AvgIpc) is 3.33. The van der Waals surface area contributed by atoms with Crippen LogP contribution in [0.3, 0.4) is 0 Å². The van der Waals surface area contributed by atoms with Crippen LogP contribution >= 0.6 is 0 Å². The molecule has 0 aliphatic carbocycles. The van der Waals surface area contributed by atoms with E-state index in [0.29, 0.717) is 17.0 Å². The van der Waals surface area contributed by atoms with Crippen molar-refractivity contribution in [3.63, 3.8) is 0 Å². The summed E-state index contributed by atoms with van der Waals surface area (Å²) in [6.07, 6.45) is -3.25. The molecule has 4 rings (SSSR count). The smallest absolute Gasteiger partial charge is 0.405 e. The van der Waals surface area contributed by atoms with Crippen LogP contribution in [0.25, 0.3) is 22.5 Å². The van der Waals surface area contributed by atoms with Crippen molar-refractivity contribution in [2.24, 2.45) is 0 Å². The molecule has 11 heteroatoms. The quantitative estimate of drug-likeness (QED) is 0.309. The van der Waals surface area contributed by atoms with Gasteiger partial charge in [-0.05, 0) is 54.6 Å². The number of hydrogen-bond acceptors (Lipinski definition) is 5. The Bertz CT molecular complexity index is 1330. The van der Waals surface area contributed by atoms with Gasteiger partial charge in [-0.1, -0.05) is 12.1 Å². The van der Waals surface area contributed by atoms with Crippen molar-refractivity contribution >= 4 is 5.91 Å². The molecule has 0 unspecified atom stereocenters. The minimum Gasteiger partial charge on any atom is -0.405 e. The second-order valence-electron chi connectivity index (χ2n) is 7.78. The minimum absolute atomic E-state index is 0.0737. The number of halogens is 4. The van der Waals surface area contributed by atoms with Crippen LogP contribution < -0.4 is 10.1 Å². The summed E-state index contributed by atoms with van der Waals surface area (Å²) in [4.78, 5) is 17.3. The number of hydrogen-bond donors (Lipinski definition) is 3. The van der Waals surface area contributed by atoms with Gasteiger partial charge in [0.2, 0.25) is 0 Å². The van der Waals surface area contributed by atoms with E-state index in [1.807, 2.05) is 0 Å². The van der Waals surface area contributed by atoms with Crippen LogP contribution in [0.4, 0.5) is 17.6 Å². The van der Waals surface area contributed by atoms with E-state index in [-0.39, 0.29) is 23.2 Å². The maximum Gasteiger partial charge on any atom is 0.573 e. The fourth-order valence-corrected chi connectivity index (χ4v) is 3.62. The van der Waals surface area contributed by atoms with Crippen molar-refractivity contribution in [1.29, 1.82) is 0 Å². The molecule has 0 aliphatic heterocycles. The van der Waals surface area contributed by atoms with E-state index in [9.17, 15) is 27.5 Å². The molecular formula is C25H20F4N4O3. The van der Waals surface area contributed by atoms with Crippen LogP contribution in [0.5, 0.6) is 5.75 Å². The molecule has 0 saturated carbocycles. The zero-order valence-corrected chi connectivity index (χ0v) is 18.6. The van der Waals surface area contributed by atoms with E-state index in [4.69, 9.17) is 0 Å². The molecule has 186 valence electrons. The molecule has 4 aromatic rings. The lowest BCUT2D eigenvalue weighted by Gasteiger charge is -2.19. The molecule has 0 saturated heterocycles. The number of H-pyrrole nitrogens is 1. The van der Waals surface area contributed by atoms with Gasteiger partial charge in [-0.25, -0.2) is 4.39 Å². The van der Waals surface area contributed by atoms with Crippen molar-refractivity contribution < 1.29 is 32.2 Å². The van der Waals surface area contributed by atoms with Gasteiger partial charge in [0.15, 0.2) is 0 Å². The van der Waals surface area contributed by atoms with Gasteiger partial charge in [-0.15, -0.1) is 13.2 Å². The average molecular weight is 500 g/mol. The molecule has 0 aliphatic rings. The SMILES string of the molecule is O=C(N[C@@H](CO)Cc1ccccn1)c1cccc(OC(F)(F)F)c1-c1cc(-c2ccc(F)cc2)n[nH]1. The van der Waals surface area contributed by atoms with Crippen LogP contribution in [-0.2, 0) is 6.42 Å². The Morgan fingerprint density at radius 1 is 1.08 bits per heavy atom. The Kier molecular flexibility index (Phi) is 7.30. The number of benzene rings is 2. The molecule has 0 bridgehead atoms. The zero-order chi connectivity index (χ0) is 25.7. The zero-order valence-electron chi connectivity index (χ0n) is 18.6. The summed E-state index contributed by atoms with van der Waals surface area (Å²) >= 11 is 0. The number of ether oxygens (including phenoxy) is 1. The van der Waals surface area contributed by atoms with Gasteiger partial charge in [0.05, 0.1) is 35.2 Å². The van der Waals surface area contributed by atoms with Crippen LogP contribution in [0.1, 0.15) is 16.1 Å². The predicted molar refractivity (Wildman–Crippen MR) is 122 cm³/mol. The molecule has 2 aromatic heterocycles. The first-order valence-electron chi connectivity index (χ1n) is 10.8. The Hall–Kier alpha value is -4.25. The summed E-state index contributed by atoms with van der Waals surface area (Å²) in [7, 11) is 0. The molecule has 0 fully saturated rings. The van der Waals surface area contributed by atoms with Crippen molar-refractivity contribution in [3.05, 3.63) is 90.0 Å². The second-order valence-corrected chi connectivity index (χ2v) is 7.78. The lowest BCUT2D eigenvalue weighted by Crippen LogP contribution is -2.39. The lowest BCUT2D eigenvalue weighted by molar-refractivity contribution is -0.274. The summed E-state index contributed by atoms with van der Waals surface area (Å²) in [6, 6.07) is 14.9. The van der Waals surface area contributed by atoms with Crippen LogP contribution in [0.15, 0.2) is 72.9 Å². The Morgan fingerprint density at radius 3 is 2.53 bits per heavy atom. The molecule has 2 aromatic carbocycles. The number of amides is 1. The van der Waals surface area contributed by atoms with Crippen LogP contribution in [-0.4, -0.2) is 45.2 Å². The highest BCUT2D eigenvalue weighted by atomic mass is 19.4. The highest BCUT2D eigenvalue weighted by molar-refractivity contribution is 6.02. The third-order valence-corrected chi connectivity index (χ3v) is 5.22. The summed E-state index contributed by atoms with van der Waals surface area (Å²) in [6.45, 7) is -0.421. The number of aliphatic hydroxyl groups excluding tert-OH is 1. The molecular weight excluding hydrogens is 480 g/mol. The molecule has 1 amide bonds. The number of carbonyl (C=O) groups is 1. The van der Waals surface area contributed by atoms with E-state index in [1.165, 1.54) is 42.5 Å². The number of nitrogens with zero attached hydrogens (tertiary/aromatic N) is 2. The maximum absolute atomic E-state index is 13.3. The van der Waals surface area contributed by atoms with E-state index < -0.39 is 36.5 Å². The Morgan fingerprint density at radius 2 is 1.86 bits per heavy atom. The number of nitrogens with one attached hydrogen (secondary N) is 2. The van der Waals surface area contributed by atoms with Crippen molar-refractivity contribution in [2.75, 3.05) is 6.61 Å². The van der Waals surface area contributed by atoms with Gasteiger partial charge in [-0.2, -0.15) is 5.10 Å². The molecule has 1 atom stereocenters. The predicted octanol–water partition coefficient (Wildman–Crippen LogP) is 4.51. The van der Waals surface area contributed by atoms with Crippen LogP contribution in [0.2, 0.25) is 0 Å². The van der Waals surface area contributed by atoms with E-state index >= 15 is 0 Å². The fourth-order valence-electron chi connectivity index (χ4n) is 3.62. The van der Waals surface area contributed by atoms with Crippen molar-refractivity contribution in [2.45, 2.75) is 18.8 Å². The van der Waals surface area contributed by atoms with Gasteiger partial charge >= 0.3 is 6.36 Å². The van der Waals surface area contributed by atoms with Crippen molar-refractivity contribution in [1.82, 2.24) is 20.5 Å². The Balaban J connectivity index is 1.70. The van der Waals surface area contributed by atoms with Crippen molar-refractivity contribution in [3.8, 4) is 28.3 Å². The third-order valence-electron chi connectivity index (χ3n) is 5.22. The maximum atomic E-state index is 13.3. The summed E-state index contributed by atoms with van der Waals surface area (Å²) < 4.78 is 57.0. The molecule has 3 N–H and O–H groups in total. The molecule has 36 heavy (non-hydrogen) atoms.